The summed E-state index contributed by atoms with van der Waals surface area (Å²) < 4.78 is 18.9. The minimum Gasteiger partial charge on any atom is -0.468 e. The van der Waals surface area contributed by atoms with Crippen LogP contribution in [0.25, 0.3) is 0 Å². The van der Waals surface area contributed by atoms with Crippen molar-refractivity contribution in [3.8, 4) is 0 Å². The molecule has 1 heterocycles. The molecule has 1 aromatic carbocycles. The Morgan fingerprint density at radius 3 is 2.76 bits per heavy atom. The van der Waals surface area contributed by atoms with E-state index in [1.54, 1.807) is 12.3 Å². The molecule has 1 aromatic heterocycles. The Kier molecular flexibility index (Phi) is 4.03. The summed E-state index contributed by atoms with van der Waals surface area (Å²) in [6.07, 6.45) is 4.00. The summed E-state index contributed by atoms with van der Waals surface area (Å²) in [6.45, 7) is 1.33. The van der Waals surface area contributed by atoms with Crippen LogP contribution < -0.4 is 5.73 Å². The number of benzene rings is 1. The summed E-state index contributed by atoms with van der Waals surface area (Å²) in [5.74, 6) is 0.647. The number of nitrogens with zero attached hydrogens (tertiary/aromatic N) is 1. The lowest BCUT2D eigenvalue weighted by Crippen LogP contribution is -2.26. The predicted molar refractivity (Wildman–Crippen MR) is 83.3 cm³/mol. The van der Waals surface area contributed by atoms with Crippen LogP contribution in [0.1, 0.15) is 29.7 Å². The first-order chi connectivity index (χ1) is 10.1. The second-order valence-electron chi connectivity index (χ2n) is 5.38. The van der Waals surface area contributed by atoms with Gasteiger partial charge in [-0.3, -0.25) is 4.90 Å². The molecule has 1 aliphatic rings. The van der Waals surface area contributed by atoms with Crippen molar-refractivity contribution < 1.29 is 8.81 Å². The van der Waals surface area contributed by atoms with Crippen LogP contribution in [0.5, 0.6) is 0 Å². The zero-order chi connectivity index (χ0) is 14.8. The maximum Gasteiger partial charge on any atom is 0.123 e. The molecule has 21 heavy (non-hydrogen) atoms. The molecule has 2 aromatic rings. The fourth-order valence-electron chi connectivity index (χ4n) is 2.51. The van der Waals surface area contributed by atoms with Crippen LogP contribution >= 0.6 is 12.2 Å². The Morgan fingerprint density at radius 2 is 2.14 bits per heavy atom. The lowest BCUT2D eigenvalue weighted by molar-refractivity contribution is 0.225. The predicted octanol–water partition coefficient (Wildman–Crippen LogP) is 3.22. The number of hydrogen-bond donors (Lipinski definition) is 1. The average molecular weight is 304 g/mol. The zero-order valence-electron chi connectivity index (χ0n) is 11.6. The molecule has 0 spiro atoms. The van der Waals surface area contributed by atoms with Gasteiger partial charge in [0, 0.05) is 18.2 Å². The van der Waals surface area contributed by atoms with E-state index in [1.807, 2.05) is 12.1 Å². The lowest BCUT2D eigenvalue weighted by atomic mass is 10.1. The van der Waals surface area contributed by atoms with Gasteiger partial charge in [0.05, 0.1) is 12.8 Å². The number of nitrogens with two attached hydrogens (primary N) is 1. The van der Waals surface area contributed by atoms with E-state index >= 15 is 0 Å². The van der Waals surface area contributed by atoms with Crippen LogP contribution in [0.2, 0.25) is 0 Å². The molecule has 2 N–H and O–H groups in total. The van der Waals surface area contributed by atoms with Crippen LogP contribution in [-0.2, 0) is 13.1 Å². The van der Waals surface area contributed by atoms with Crippen molar-refractivity contribution in [2.75, 3.05) is 0 Å². The van der Waals surface area contributed by atoms with E-state index in [-0.39, 0.29) is 5.82 Å². The second kappa shape index (κ2) is 5.95. The highest BCUT2D eigenvalue weighted by molar-refractivity contribution is 7.80. The molecule has 0 bridgehead atoms. The van der Waals surface area contributed by atoms with Crippen LogP contribution in [-0.4, -0.2) is 15.9 Å². The summed E-state index contributed by atoms with van der Waals surface area (Å²) in [6, 6.07) is 8.93. The SMILES string of the molecule is NC(=S)c1ccc(F)cc1CN(Cc1ccco1)C1CC1. The normalized spacial score (nSPS) is 14.6. The monoisotopic (exact) mass is 304 g/mol. The smallest absolute Gasteiger partial charge is 0.123 e. The molecular weight excluding hydrogens is 287 g/mol. The van der Waals surface area contributed by atoms with E-state index < -0.39 is 0 Å². The summed E-state index contributed by atoms with van der Waals surface area (Å²) in [5.41, 5.74) is 7.32. The highest BCUT2D eigenvalue weighted by Gasteiger charge is 2.30. The largest absolute Gasteiger partial charge is 0.468 e. The van der Waals surface area contributed by atoms with E-state index in [1.165, 1.54) is 25.0 Å². The number of halogens is 1. The molecule has 1 fully saturated rings. The first kappa shape index (κ1) is 14.2. The van der Waals surface area contributed by atoms with Crippen molar-refractivity contribution in [2.24, 2.45) is 5.73 Å². The Labute approximate surface area is 128 Å². The van der Waals surface area contributed by atoms with E-state index in [9.17, 15) is 4.39 Å². The van der Waals surface area contributed by atoms with Gasteiger partial charge in [-0.1, -0.05) is 12.2 Å². The van der Waals surface area contributed by atoms with E-state index in [4.69, 9.17) is 22.4 Å². The summed E-state index contributed by atoms with van der Waals surface area (Å²) >= 11 is 5.06. The number of hydrogen-bond acceptors (Lipinski definition) is 3. The van der Waals surface area contributed by atoms with E-state index in [0.29, 0.717) is 24.1 Å². The van der Waals surface area contributed by atoms with Gasteiger partial charge in [0.25, 0.3) is 0 Å². The van der Waals surface area contributed by atoms with Gasteiger partial charge in [-0.05, 0) is 48.7 Å². The minimum atomic E-state index is -0.265. The molecule has 1 aliphatic carbocycles. The third kappa shape index (κ3) is 3.49. The molecule has 0 unspecified atom stereocenters. The molecule has 110 valence electrons. The molecule has 0 saturated heterocycles. The molecule has 1 saturated carbocycles. The van der Waals surface area contributed by atoms with Gasteiger partial charge in [-0.2, -0.15) is 0 Å². The van der Waals surface area contributed by atoms with E-state index in [2.05, 4.69) is 4.90 Å². The number of furan rings is 1. The topological polar surface area (TPSA) is 42.4 Å². The second-order valence-corrected chi connectivity index (χ2v) is 5.82. The van der Waals surface area contributed by atoms with Gasteiger partial charge in [0.2, 0.25) is 0 Å². The quantitative estimate of drug-likeness (QED) is 0.832. The Bertz CT molecular complexity index is 638. The fourth-order valence-corrected chi connectivity index (χ4v) is 2.71. The zero-order valence-corrected chi connectivity index (χ0v) is 12.4. The highest BCUT2D eigenvalue weighted by atomic mass is 32.1. The molecule has 5 heteroatoms. The fraction of sp³-hybridized carbons (Fsp3) is 0.312. The van der Waals surface area contributed by atoms with Crippen molar-refractivity contribution >= 4 is 17.2 Å². The third-order valence-corrected chi connectivity index (χ3v) is 3.93. The highest BCUT2D eigenvalue weighted by Crippen LogP contribution is 2.30. The third-order valence-electron chi connectivity index (χ3n) is 3.71. The maximum atomic E-state index is 13.5. The average Bonchev–Trinajstić information content (AvgIpc) is 3.16. The molecule has 0 aliphatic heterocycles. The molecule has 0 radical (unpaired) electrons. The van der Waals surface area contributed by atoms with Crippen molar-refractivity contribution in [2.45, 2.75) is 32.0 Å². The van der Waals surface area contributed by atoms with Crippen LogP contribution in [0, 0.1) is 5.82 Å². The molecular formula is C16H17FN2OS. The van der Waals surface area contributed by atoms with Crippen molar-refractivity contribution in [1.82, 2.24) is 4.90 Å². The summed E-state index contributed by atoms with van der Waals surface area (Å²) in [7, 11) is 0. The molecule has 3 nitrogen and oxygen atoms in total. The van der Waals surface area contributed by atoms with Gasteiger partial charge >= 0.3 is 0 Å². The first-order valence-corrected chi connectivity index (χ1v) is 7.39. The Balaban J connectivity index is 1.82. The summed E-state index contributed by atoms with van der Waals surface area (Å²) in [5, 5.41) is 0. The standard InChI is InChI=1S/C16H17FN2OS/c17-12-3-6-15(16(18)21)11(8-12)9-19(13-4-5-13)10-14-2-1-7-20-14/h1-3,6-8,13H,4-5,9-10H2,(H2,18,21). The minimum absolute atomic E-state index is 0.265. The van der Waals surface area contributed by atoms with E-state index in [0.717, 1.165) is 16.9 Å². The van der Waals surface area contributed by atoms with Crippen molar-refractivity contribution in [1.29, 1.82) is 0 Å². The van der Waals surface area contributed by atoms with Crippen LogP contribution in [0.15, 0.2) is 41.0 Å². The molecule has 0 amide bonds. The van der Waals surface area contributed by atoms with Gasteiger partial charge in [-0.25, -0.2) is 4.39 Å². The Hall–Kier alpha value is -1.72. The first-order valence-electron chi connectivity index (χ1n) is 6.98. The maximum absolute atomic E-state index is 13.5. The van der Waals surface area contributed by atoms with Crippen molar-refractivity contribution in [3.63, 3.8) is 0 Å². The van der Waals surface area contributed by atoms with Crippen LogP contribution in [0.3, 0.4) is 0 Å². The lowest BCUT2D eigenvalue weighted by Gasteiger charge is -2.22. The van der Waals surface area contributed by atoms with Gasteiger partial charge in [-0.15, -0.1) is 0 Å². The summed E-state index contributed by atoms with van der Waals surface area (Å²) in [4.78, 5) is 2.59. The number of rotatable bonds is 6. The Morgan fingerprint density at radius 1 is 1.33 bits per heavy atom. The number of thiocarbonyl (C=S) groups is 1. The van der Waals surface area contributed by atoms with Gasteiger partial charge in [0.15, 0.2) is 0 Å². The van der Waals surface area contributed by atoms with Gasteiger partial charge < -0.3 is 10.2 Å². The molecule has 3 rings (SSSR count). The van der Waals surface area contributed by atoms with Gasteiger partial charge in [0.1, 0.15) is 16.6 Å². The van der Waals surface area contributed by atoms with Crippen LogP contribution in [0.4, 0.5) is 4.39 Å². The molecule has 0 atom stereocenters. The van der Waals surface area contributed by atoms with Crippen molar-refractivity contribution in [3.05, 3.63) is 59.3 Å².